The topological polar surface area (TPSA) is 113 Å². The SMILES string of the molecule is CC/C1=C2\OC(N(C)C)C(O[C@@H]2CC)N(C)C[C@H](C)C[C@@](C)(O)[C@H](O[C@H]2C[C@@H](N(C)C)C[C@@H](C)O2)[C@@H](C)[C@H](O)[C@@H](C)C(=O)O1. The van der Waals surface area contributed by atoms with Crippen LogP contribution in [0.4, 0.5) is 0 Å². The second-order valence-electron chi connectivity index (χ2n) is 14.2. The fraction of sp³-hybridized carbons (Fsp3) is 0.909. The summed E-state index contributed by atoms with van der Waals surface area (Å²) in [5, 5.41) is 23.8. The van der Waals surface area contributed by atoms with Gasteiger partial charge in [0.05, 0.1) is 29.8 Å². The molecule has 2 unspecified atom stereocenters. The van der Waals surface area contributed by atoms with E-state index in [9.17, 15) is 15.0 Å². The van der Waals surface area contributed by atoms with Gasteiger partial charge in [-0.1, -0.05) is 27.7 Å². The Kier molecular flexibility index (Phi) is 13.1. The number of aliphatic hydroxyl groups excluding tert-OH is 1. The molecule has 0 amide bonds. The van der Waals surface area contributed by atoms with Gasteiger partial charge in [0.1, 0.15) is 11.9 Å². The summed E-state index contributed by atoms with van der Waals surface area (Å²) >= 11 is 0. The first-order chi connectivity index (χ1) is 20.5. The molecule has 12 atom stereocenters. The summed E-state index contributed by atoms with van der Waals surface area (Å²) in [7, 11) is 9.96. The maximum Gasteiger partial charge on any atom is 0.316 e. The summed E-state index contributed by atoms with van der Waals surface area (Å²) in [6, 6.07) is 0.260. The number of carbonyl (C=O) groups is 1. The van der Waals surface area contributed by atoms with Crippen LogP contribution in [0, 0.1) is 17.8 Å². The molecule has 0 aromatic rings. The van der Waals surface area contributed by atoms with Crippen molar-refractivity contribution in [2.45, 2.75) is 135 Å². The summed E-state index contributed by atoms with van der Waals surface area (Å²) in [6.45, 7) is 13.9. The van der Waals surface area contributed by atoms with Gasteiger partial charge >= 0.3 is 5.97 Å². The highest BCUT2D eigenvalue weighted by atomic mass is 16.7. The highest BCUT2D eigenvalue weighted by Crippen LogP contribution is 2.37. The lowest BCUT2D eigenvalue weighted by molar-refractivity contribution is -0.268. The van der Waals surface area contributed by atoms with Crippen LogP contribution >= 0.6 is 0 Å². The number of rotatable bonds is 6. The van der Waals surface area contributed by atoms with Gasteiger partial charge in [-0.15, -0.1) is 0 Å². The molecule has 4 aliphatic heterocycles. The zero-order valence-electron chi connectivity index (χ0n) is 29.3. The van der Waals surface area contributed by atoms with E-state index in [1.165, 1.54) is 0 Å². The van der Waals surface area contributed by atoms with E-state index >= 15 is 0 Å². The predicted octanol–water partition coefficient (Wildman–Crippen LogP) is 3.39. The first kappa shape index (κ1) is 37.2. The first-order valence-corrected chi connectivity index (χ1v) is 16.5. The van der Waals surface area contributed by atoms with Crippen molar-refractivity contribution in [3.05, 3.63) is 11.5 Å². The molecule has 44 heavy (non-hydrogen) atoms. The van der Waals surface area contributed by atoms with Gasteiger partial charge in [-0.05, 0) is 81.2 Å². The van der Waals surface area contributed by atoms with Gasteiger partial charge in [0.2, 0.25) is 0 Å². The fourth-order valence-corrected chi connectivity index (χ4v) is 7.12. The number of allylic oxidation sites excluding steroid dienone is 1. The van der Waals surface area contributed by atoms with Gasteiger partial charge in [-0.3, -0.25) is 14.6 Å². The van der Waals surface area contributed by atoms with E-state index in [0.717, 1.165) is 6.42 Å². The van der Waals surface area contributed by atoms with Crippen LogP contribution in [0.5, 0.6) is 0 Å². The molecule has 0 saturated carbocycles. The van der Waals surface area contributed by atoms with Crippen LogP contribution in [-0.4, -0.2) is 127 Å². The van der Waals surface area contributed by atoms with Crippen molar-refractivity contribution in [2.24, 2.45) is 17.8 Å². The molecule has 0 spiro atoms. The second kappa shape index (κ2) is 15.5. The van der Waals surface area contributed by atoms with Gasteiger partial charge in [0.15, 0.2) is 24.5 Å². The van der Waals surface area contributed by atoms with E-state index in [1.54, 1.807) is 13.8 Å². The molecule has 4 heterocycles. The third kappa shape index (κ3) is 8.73. The number of hydrogen-bond donors (Lipinski definition) is 2. The van der Waals surface area contributed by atoms with Crippen LogP contribution < -0.4 is 0 Å². The van der Waals surface area contributed by atoms with E-state index in [1.807, 2.05) is 67.8 Å². The van der Waals surface area contributed by atoms with Gasteiger partial charge < -0.3 is 38.8 Å². The Morgan fingerprint density at radius 2 is 1.70 bits per heavy atom. The maximum absolute atomic E-state index is 13.6. The standard InChI is InChI=1S/C33H61N3O8/c1-13-24-28-25(14-2)42-32(38)22(6)27(37)21(5)29(43-26-16-23(34(8)9)15-20(4)40-26)33(7,39)17-19(3)18-36(12)31(41-24)30(44-28)35(10)11/h19-24,26-27,29-31,37,39H,13-18H2,1-12H3/b28-25+/t19-,20-,21+,22-,23+,24-,26+,27+,29-,30?,31?,33-/m1/s1. The van der Waals surface area contributed by atoms with E-state index in [0.29, 0.717) is 43.7 Å². The summed E-state index contributed by atoms with van der Waals surface area (Å²) in [4.78, 5) is 19.8. The molecule has 4 rings (SSSR count). The molecule has 256 valence electrons. The Bertz CT molecular complexity index is 975. The minimum absolute atomic E-state index is 0.0197. The van der Waals surface area contributed by atoms with E-state index < -0.39 is 54.2 Å². The Morgan fingerprint density at radius 1 is 1.05 bits per heavy atom. The van der Waals surface area contributed by atoms with Gasteiger partial charge in [0.25, 0.3) is 0 Å². The number of fused-ring (bicyclic) bond motifs is 13. The quantitative estimate of drug-likeness (QED) is 0.423. The van der Waals surface area contributed by atoms with Crippen molar-refractivity contribution in [1.82, 2.24) is 14.7 Å². The van der Waals surface area contributed by atoms with Crippen molar-refractivity contribution in [3.63, 3.8) is 0 Å². The lowest BCUT2D eigenvalue weighted by Gasteiger charge is -2.47. The summed E-state index contributed by atoms with van der Waals surface area (Å²) in [5.74, 6) is -1.13. The average molecular weight is 628 g/mol. The molecule has 4 aliphatic rings. The smallest absolute Gasteiger partial charge is 0.316 e. The van der Waals surface area contributed by atoms with Crippen LogP contribution in [0.25, 0.3) is 0 Å². The van der Waals surface area contributed by atoms with Crippen molar-refractivity contribution >= 4 is 5.97 Å². The molecule has 2 saturated heterocycles. The lowest BCUT2D eigenvalue weighted by Crippen LogP contribution is -2.58. The summed E-state index contributed by atoms with van der Waals surface area (Å²) in [6.07, 6.45) is -0.819. The number of ether oxygens (including phenoxy) is 5. The zero-order chi connectivity index (χ0) is 33.1. The predicted molar refractivity (Wildman–Crippen MR) is 168 cm³/mol. The third-order valence-electron chi connectivity index (χ3n) is 9.58. The highest BCUT2D eigenvalue weighted by molar-refractivity contribution is 5.74. The maximum atomic E-state index is 13.6. The Balaban J connectivity index is 2.03. The third-order valence-corrected chi connectivity index (χ3v) is 9.58. The van der Waals surface area contributed by atoms with Gasteiger partial charge in [-0.2, -0.15) is 0 Å². The number of esters is 1. The number of hydrogen-bond acceptors (Lipinski definition) is 11. The van der Waals surface area contributed by atoms with Crippen LogP contribution in [0.1, 0.15) is 80.6 Å². The minimum Gasteiger partial charge on any atom is -0.469 e. The molecule has 0 aromatic carbocycles. The molecule has 11 heteroatoms. The largest absolute Gasteiger partial charge is 0.469 e. The Labute approximate surface area is 265 Å². The monoisotopic (exact) mass is 627 g/mol. The Morgan fingerprint density at radius 3 is 2.27 bits per heavy atom. The number of aliphatic hydroxyl groups is 2. The van der Waals surface area contributed by atoms with E-state index in [2.05, 4.69) is 16.7 Å². The van der Waals surface area contributed by atoms with Crippen LogP contribution in [-0.2, 0) is 28.5 Å². The van der Waals surface area contributed by atoms with Gasteiger partial charge in [0, 0.05) is 31.3 Å². The lowest BCUT2D eigenvalue weighted by atomic mass is 9.78. The average Bonchev–Trinajstić information content (AvgIpc) is 2.95. The first-order valence-electron chi connectivity index (χ1n) is 16.5. The molecule has 2 N–H and O–H groups in total. The van der Waals surface area contributed by atoms with E-state index in [-0.39, 0.29) is 24.3 Å². The molecule has 2 fully saturated rings. The summed E-state index contributed by atoms with van der Waals surface area (Å²) < 4.78 is 32.0. The van der Waals surface area contributed by atoms with Crippen molar-refractivity contribution < 1.29 is 38.7 Å². The van der Waals surface area contributed by atoms with Crippen LogP contribution in [0.3, 0.4) is 0 Å². The molecule has 0 aromatic heterocycles. The molecular formula is C33H61N3O8. The summed E-state index contributed by atoms with van der Waals surface area (Å²) in [5.41, 5.74) is -1.35. The number of nitrogens with zero attached hydrogens (tertiary/aromatic N) is 3. The van der Waals surface area contributed by atoms with Crippen molar-refractivity contribution in [1.29, 1.82) is 0 Å². The van der Waals surface area contributed by atoms with E-state index in [4.69, 9.17) is 23.7 Å². The molecule has 0 aliphatic carbocycles. The van der Waals surface area contributed by atoms with Crippen LogP contribution in [0.2, 0.25) is 0 Å². The highest BCUT2D eigenvalue weighted by Gasteiger charge is 2.47. The second-order valence-corrected chi connectivity index (χ2v) is 14.2. The molecule has 0 radical (unpaired) electrons. The Hall–Kier alpha value is -1.31. The van der Waals surface area contributed by atoms with Gasteiger partial charge in [-0.25, -0.2) is 0 Å². The molecule has 11 nitrogen and oxygen atoms in total. The minimum atomic E-state index is -1.35. The van der Waals surface area contributed by atoms with Crippen LogP contribution in [0.15, 0.2) is 11.5 Å². The normalized spacial score (nSPS) is 43.7. The van der Waals surface area contributed by atoms with Crippen molar-refractivity contribution in [2.75, 3.05) is 41.8 Å². The van der Waals surface area contributed by atoms with Crippen molar-refractivity contribution in [3.8, 4) is 0 Å². The fourth-order valence-electron chi connectivity index (χ4n) is 7.12. The zero-order valence-corrected chi connectivity index (χ0v) is 29.3. The number of carbonyl (C=O) groups excluding carboxylic acids is 1. The number of likely N-dealkylation sites (N-methyl/N-ethyl adjacent to an activating group) is 2. The molecular weight excluding hydrogens is 566 g/mol. The molecule has 2 bridgehead atoms.